The molecule has 1 heterocycles. The van der Waals surface area contributed by atoms with Gasteiger partial charge in [-0.1, -0.05) is 0 Å². The maximum atomic E-state index is 10.8. The predicted octanol–water partition coefficient (Wildman–Crippen LogP) is -0.581. The average molecular weight is 275 g/mol. The molecule has 1 aromatic rings. The van der Waals surface area contributed by atoms with E-state index >= 15 is 0 Å². The Hall–Kier alpha value is -1.61. The minimum absolute atomic E-state index is 0.307. The van der Waals surface area contributed by atoms with Crippen molar-refractivity contribution >= 4 is 21.5 Å². The van der Waals surface area contributed by atoms with E-state index in [9.17, 15) is 8.42 Å². The average Bonchev–Trinajstić information content (AvgIpc) is 2.29. The Labute approximate surface area is 106 Å². The van der Waals surface area contributed by atoms with Crippen LogP contribution in [0.4, 0.5) is 11.5 Å². The van der Waals surface area contributed by atoms with Gasteiger partial charge in [-0.3, -0.25) is 0 Å². The summed E-state index contributed by atoms with van der Waals surface area (Å²) in [5.41, 5.74) is 6.08. The van der Waals surface area contributed by atoms with Gasteiger partial charge >= 0.3 is 0 Å². The van der Waals surface area contributed by atoms with E-state index in [2.05, 4.69) is 20.0 Å². The van der Waals surface area contributed by atoms with E-state index in [0.717, 1.165) is 6.26 Å². The summed E-state index contributed by atoms with van der Waals surface area (Å²) in [6.45, 7) is 0.890. The number of methoxy groups -OCH3 is 1. The molecule has 0 saturated heterocycles. The lowest BCUT2D eigenvalue weighted by molar-refractivity contribution is 0.399. The molecular weight excluding hydrogens is 258 g/mol. The summed E-state index contributed by atoms with van der Waals surface area (Å²) in [4.78, 5) is 7.81. The zero-order valence-electron chi connectivity index (χ0n) is 10.3. The molecular formula is C9H17N5O3S. The number of rotatable bonds is 7. The number of nitrogens with one attached hydrogen (secondary N) is 2. The van der Waals surface area contributed by atoms with Gasteiger partial charge in [0.25, 0.3) is 0 Å². The maximum Gasteiger partial charge on any atom is 0.242 e. The van der Waals surface area contributed by atoms with Crippen molar-refractivity contribution in [3.05, 3.63) is 6.33 Å². The van der Waals surface area contributed by atoms with Gasteiger partial charge in [-0.2, -0.15) is 4.98 Å². The third-order valence-electron chi connectivity index (χ3n) is 2.05. The number of anilines is 2. The van der Waals surface area contributed by atoms with Crippen LogP contribution in [0.2, 0.25) is 0 Å². The topological polar surface area (TPSA) is 119 Å². The van der Waals surface area contributed by atoms with Crippen molar-refractivity contribution in [1.29, 1.82) is 0 Å². The molecule has 0 saturated carbocycles. The van der Waals surface area contributed by atoms with Gasteiger partial charge in [0, 0.05) is 13.1 Å². The Morgan fingerprint density at radius 3 is 2.72 bits per heavy atom. The molecule has 1 aromatic heterocycles. The lowest BCUT2D eigenvalue weighted by atomic mass is 10.4. The number of nitrogens with zero attached hydrogens (tertiary/aromatic N) is 2. The smallest absolute Gasteiger partial charge is 0.242 e. The molecule has 0 aliphatic heterocycles. The predicted molar refractivity (Wildman–Crippen MR) is 68.9 cm³/mol. The van der Waals surface area contributed by atoms with Crippen molar-refractivity contribution in [3.8, 4) is 5.88 Å². The minimum atomic E-state index is -3.14. The molecule has 102 valence electrons. The van der Waals surface area contributed by atoms with E-state index in [4.69, 9.17) is 10.5 Å². The number of nitrogen functional groups attached to an aromatic ring is 1. The van der Waals surface area contributed by atoms with Gasteiger partial charge in [0.15, 0.2) is 5.82 Å². The molecule has 0 bridgehead atoms. The van der Waals surface area contributed by atoms with Gasteiger partial charge in [0.1, 0.15) is 12.0 Å². The van der Waals surface area contributed by atoms with Crippen molar-refractivity contribution in [1.82, 2.24) is 14.7 Å². The van der Waals surface area contributed by atoms with Crippen molar-refractivity contribution in [2.24, 2.45) is 0 Å². The minimum Gasteiger partial charge on any atom is -0.479 e. The maximum absolute atomic E-state index is 10.8. The quantitative estimate of drug-likeness (QED) is 0.569. The highest BCUT2D eigenvalue weighted by Gasteiger charge is 2.07. The van der Waals surface area contributed by atoms with Crippen LogP contribution in [0.25, 0.3) is 0 Å². The Kier molecular flexibility index (Phi) is 5.10. The Morgan fingerprint density at radius 1 is 1.39 bits per heavy atom. The number of sulfonamides is 1. The molecule has 4 N–H and O–H groups in total. The Morgan fingerprint density at radius 2 is 2.11 bits per heavy atom. The summed E-state index contributed by atoms with van der Waals surface area (Å²) >= 11 is 0. The van der Waals surface area contributed by atoms with Gasteiger partial charge in [0.05, 0.1) is 13.4 Å². The van der Waals surface area contributed by atoms with Crippen LogP contribution in [0.5, 0.6) is 5.88 Å². The second kappa shape index (κ2) is 6.36. The van der Waals surface area contributed by atoms with Crippen molar-refractivity contribution in [2.45, 2.75) is 6.42 Å². The molecule has 8 nitrogen and oxygen atoms in total. The summed E-state index contributed by atoms with van der Waals surface area (Å²) < 4.78 is 29.0. The highest BCUT2D eigenvalue weighted by molar-refractivity contribution is 7.88. The van der Waals surface area contributed by atoms with Crippen LogP contribution in [-0.4, -0.2) is 44.8 Å². The fraction of sp³-hybridized carbons (Fsp3) is 0.556. The van der Waals surface area contributed by atoms with Crippen LogP contribution in [0.15, 0.2) is 6.33 Å². The van der Waals surface area contributed by atoms with Crippen LogP contribution in [0.3, 0.4) is 0 Å². The summed E-state index contributed by atoms with van der Waals surface area (Å²) in [5, 5.41) is 2.98. The Balaban J connectivity index is 2.40. The number of hydrogen-bond acceptors (Lipinski definition) is 7. The molecule has 0 fully saturated rings. The van der Waals surface area contributed by atoms with Crippen LogP contribution in [0.1, 0.15) is 6.42 Å². The standard InChI is InChI=1S/C9H17N5O3S/c1-17-9-7(10)8(12-6-13-9)11-4-3-5-14-18(2,15)16/h6,14H,3-5,10H2,1-2H3,(H,11,12,13). The fourth-order valence-corrected chi connectivity index (χ4v) is 1.75. The molecule has 18 heavy (non-hydrogen) atoms. The first-order valence-electron chi connectivity index (χ1n) is 5.27. The largest absolute Gasteiger partial charge is 0.479 e. The molecule has 9 heteroatoms. The van der Waals surface area contributed by atoms with Crippen molar-refractivity contribution in [3.63, 3.8) is 0 Å². The van der Waals surface area contributed by atoms with Crippen LogP contribution in [0, 0.1) is 0 Å². The van der Waals surface area contributed by atoms with E-state index in [1.54, 1.807) is 0 Å². The van der Waals surface area contributed by atoms with Gasteiger partial charge in [0.2, 0.25) is 15.9 Å². The summed E-state index contributed by atoms with van der Waals surface area (Å²) in [6, 6.07) is 0. The summed E-state index contributed by atoms with van der Waals surface area (Å²) in [6.07, 6.45) is 3.07. The third-order valence-corrected chi connectivity index (χ3v) is 2.78. The molecule has 0 aromatic carbocycles. The van der Waals surface area contributed by atoms with E-state index < -0.39 is 10.0 Å². The lowest BCUT2D eigenvalue weighted by Gasteiger charge is -2.09. The molecule has 0 atom stereocenters. The first-order chi connectivity index (χ1) is 8.44. The van der Waals surface area contributed by atoms with Crippen LogP contribution < -0.4 is 20.5 Å². The highest BCUT2D eigenvalue weighted by Crippen LogP contribution is 2.23. The fourth-order valence-electron chi connectivity index (χ4n) is 1.24. The molecule has 1 rings (SSSR count). The second-order valence-electron chi connectivity index (χ2n) is 3.59. The monoisotopic (exact) mass is 275 g/mol. The second-order valence-corrected chi connectivity index (χ2v) is 5.43. The summed E-state index contributed by atoms with van der Waals surface area (Å²) in [5.74, 6) is 0.781. The number of ether oxygens (including phenoxy) is 1. The highest BCUT2D eigenvalue weighted by atomic mass is 32.2. The number of nitrogens with two attached hydrogens (primary N) is 1. The number of aromatic nitrogens is 2. The molecule has 0 amide bonds. The van der Waals surface area contributed by atoms with Crippen LogP contribution in [-0.2, 0) is 10.0 Å². The van der Waals surface area contributed by atoms with Gasteiger partial charge in [-0.15, -0.1) is 0 Å². The molecule has 0 aliphatic rings. The zero-order chi connectivity index (χ0) is 13.6. The van der Waals surface area contributed by atoms with E-state index in [-0.39, 0.29) is 0 Å². The first-order valence-corrected chi connectivity index (χ1v) is 7.16. The van der Waals surface area contributed by atoms with Crippen molar-refractivity contribution in [2.75, 3.05) is 37.5 Å². The molecule has 0 unspecified atom stereocenters. The van der Waals surface area contributed by atoms with Crippen LogP contribution >= 0.6 is 0 Å². The molecule has 0 aliphatic carbocycles. The first kappa shape index (κ1) is 14.5. The lowest BCUT2D eigenvalue weighted by Crippen LogP contribution is -2.24. The van der Waals surface area contributed by atoms with E-state index in [0.29, 0.717) is 36.9 Å². The van der Waals surface area contributed by atoms with Gasteiger partial charge in [-0.25, -0.2) is 18.1 Å². The third kappa shape index (κ3) is 4.72. The summed E-state index contributed by atoms with van der Waals surface area (Å²) in [7, 11) is -1.67. The normalized spacial score (nSPS) is 11.2. The van der Waals surface area contributed by atoms with E-state index in [1.165, 1.54) is 13.4 Å². The molecule has 0 spiro atoms. The Bertz CT molecular complexity index is 491. The van der Waals surface area contributed by atoms with Gasteiger partial charge < -0.3 is 15.8 Å². The number of hydrogen-bond donors (Lipinski definition) is 3. The van der Waals surface area contributed by atoms with Crippen molar-refractivity contribution < 1.29 is 13.2 Å². The molecule has 0 radical (unpaired) electrons. The van der Waals surface area contributed by atoms with Gasteiger partial charge in [-0.05, 0) is 6.42 Å². The SMILES string of the molecule is COc1ncnc(NCCCNS(C)(=O)=O)c1N. The van der Waals surface area contributed by atoms with E-state index in [1.807, 2.05) is 0 Å². The zero-order valence-corrected chi connectivity index (χ0v) is 11.1.